The molecule has 1 rings (SSSR count). The molecule has 0 bridgehead atoms. The number of hydrogen-bond donors (Lipinski definition) is 0. The number of carbonyl (C=O) groups is 1. The van der Waals surface area contributed by atoms with E-state index >= 15 is 0 Å². The molecule has 0 saturated heterocycles. The molecule has 0 aromatic carbocycles. The predicted octanol–water partition coefficient (Wildman–Crippen LogP) is 1.47. The first-order valence-electron chi connectivity index (χ1n) is 5.49. The number of ketones is 1. The maximum Gasteiger partial charge on any atom is 0.152 e. The maximum atomic E-state index is 11.8. The van der Waals surface area contributed by atoms with Crippen LogP contribution < -0.4 is 0 Å². The molecular weight excluding hydrogens is 202 g/mol. The van der Waals surface area contributed by atoms with Crippen molar-refractivity contribution in [3.05, 3.63) is 18.2 Å². The third-order valence-corrected chi connectivity index (χ3v) is 2.58. The Morgan fingerprint density at radius 2 is 2.12 bits per heavy atom. The second-order valence-corrected chi connectivity index (χ2v) is 5.30. The molecule has 0 atom stereocenters. The van der Waals surface area contributed by atoms with Crippen molar-refractivity contribution in [3.8, 4) is 0 Å². The Hall–Kier alpha value is -1.16. The van der Waals surface area contributed by atoms with Gasteiger partial charge < -0.3 is 4.57 Å². The summed E-state index contributed by atoms with van der Waals surface area (Å²) in [7, 11) is 3.90. The van der Waals surface area contributed by atoms with Gasteiger partial charge in [0.1, 0.15) is 5.82 Å². The van der Waals surface area contributed by atoms with Crippen molar-refractivity contribution in [1.29, 1.82) is 0 Å². The molecule has 0 aliphatic rings. The van der Waals surface area contributed by atoms with Crippen LogP contribution in [0, 0.1) is 5.41 Å². The van der Waals surface area contributed by atoms with E-state index in [9.17, 15) is 4.79 Å². The summed E-state index contributed by atoms with van der Waals surface area (Å²) in [6, 6.07) is 0. The monoisotopic (exact) mass is 223 g/mol. The second kappa shape index (κ2) is 4.78. The lowest BCUT2D eigenvalue weighted by Gasteiger charge is -2.22. The average Bonchev–Trinajstić information content (AvgIpc) is 2.50. The van der Waals surface area contributed by atoms with E-state index in [1.807, 2.05) is 50.5 Å². The van der Waals surface area contributed by atoms with Crippen molar-refractivity contribution in [2.75, 3.05) is 13.6 Å². The molecule has 16 heavy (non-hydrogen) atoms. The van der Waals surface area contributed by atoms with Crippen molar-refractivity contribution >= 4 is 5.78 Å². The second-order valence-electron chi connectivity index (χ2n) is 5.30. The lowest BCUT2D eigenvalue weighted by atomic mass is 9.90. The van der Waals surface area contributed by atoms with Crippen LogP contribution in [-0.2, 0) is 18.4 Å². The van der Waals surface area contributed by atoms with E-state index in [4.69, 9.17) is 0 Å². The molecule has 1 aromatic heterocycles. The molecule has 4 nitrogen and oxygen atoms in total. The zero-order chi connectivity index (χ0) is 12.3. The first-order chi connectivity index (χ1) is 7.30. The summed E-state index contributed by atoms with van der Waals surface area (Å²) in [5, 5.41) is 0. The number of nitrogens with zero attached hydrogens (tertiary/aromatic N) is 3. The number of aromatic nitrogens is 2. The molecule has 0 spiro atoms. The number of aryl methyl sites for hydroxylation is 1. The number of likely N-dealkylation sites (N-methyl/N-ethyl adjacent to an activating group) is 1. The fourth-order valence-corrected chi connectivity index (χ4v) is 1.33. The van der Waals surface area contributed by atoms with Crippen molar-refractivity contribution in [2.24, 2.45) is 12.5 Å². The minimum Gasteiger partial charge on any atom is -0.337 e. The number of imidazole rings is 1. The Bertz CT molecular complexity index is 363. The molecule has 0 radical (unpaired) electrons. The van der Waals surface area contributed by atoms with Gasteiger partial charge in [-0.1, -0.05) is 20.8 Å². The van der Waals surface area contributed by atoms with Gasteiger partial charge in [0, 0.05) is 24.9 Å². The highest BCUT2D eigenvalue weighted by Crippen LogP contribution is 2.15. The van der Waals surface area contributed by atoms with Crippen molar-refractivity contribution in [3.63, 3.8) is 0 Å². The van der Waals surface area contributed by atoms with Crippen LogP contribution in [-0.4, -0.2) is 33.8 Å². The molecule has 0 amide bonds. The fourth-order valence-electron chi connectivity index (χ4n) is 1.33. The normalized spacial score (nSPS) is 12.1. The summed E-state index contributed by atoms with van der Waals surface area (Å²) < 4.78 is 1.97. The quantitative estimate of drug-likeness (QED) is 0.775. The van der Waals surface area contributed by atoms with Crippen LogP contribution in [0.15, 0.2) is 12.4 Å². The van der Waals surface area contributed by atoms with Crippen molar-refractivity contribution in [2.45, 2.75) is 27.3 Å². The lowest BCUT2D eigenvalue weighted by molar-refractivity contribution is -0.127. The Morgan fingerprint density at radius 3 is 2.56 bits per heavy atom. The zero-order valence-corrected chi connectivity index (χ0v) is 10.8. The predicted molar refractivity (Wildman–Crippen MR) is 64.0 cm³/mol. The standard InChI is InChI=1S/C12H21N3O/c1-12(2,3)10(16)8-14(4)9-11-13-6-7-15(11)5/h6-7H,8-9H2,1-5H3. The van der Waals surface area contributed by atoms with Gasteiger partial charge in [0.2, 0.25) is 0 Å². The van der Waals surface area contributed by atoms with E-state index < -0.39 is 0 Å². The highest BCUT2D eigenvalue weighted by Gasteiger charge is 2.22. The third-order valence-electron chi connectivity index (χ3n) is 2.58. The van der Waals surface area contributed by atoms with Crippen LogP contribution in [0.2, 0.25) is 0 Å². The Kier molecular flexibility index (Phi) is 3.86. The summed E-state index contributed by atoms with van der Waals surface area (Å²) in [5.74, 6) is 1.23. The van der Waals surface area contributed by atoms with Crippen LogP contribution >= 0.6 is 0 Å². The van der Waals surface area contributed by atoms with Crippen LogP contribution in [0.25, 0.3) is 0 Å². The van der Waals surface area contributed by atoms with Gasteiger partial charge in [-0.2, -0.15) is 0 Å². The Labute approximate surface area is 97.3 Å². The van der Waals surface area contributed by atoms with Gasteiger partial charge in [-0.05, 0) is 7.05 Å². The summed E-state index contributed by atoms with van der Waals surface area (Å²) in [4.78, 5) is 18.1. The van der Waals surface area contributed by atoms with Gasteiger partial charge in [0.15, 0.2) is 5.78 Å². The third kappa shape index (κ3) is 3.45. The molecule has 4 heteroatoms. The summed E-state index contributed by atoms with van der Waals surface area (Å²) in [6.45, 7) is 7.01. The van der Waals surface area contributed by atoms with Gasteiger partial charge in [0.25, 0.3) is 0 Å². The highest BCUT2D eigenvalue weighted by atomic mass is 16.1. The molecule has 0 N–H and O–H groups in total. The van der Waals surface area contributed by atoms with Gasteiger partial charge in [-0.15, -0.1) is 0 Å². The van der Waals surface area contributed by atoms with Crippen molar-refractivity contribution in [1.82, 2.24) is 14.5 Å². The maximum absolute atomic E-state index is 11.8. The highest BCUT2D eigenvalue weighted by molar-refractivity contribution is 5.85. The zero-order valence-electron chi connectivity index (χ0n) is 10.8. The number of hydrogen-bond acceptors (Lipinski definition) is 3. The van der Waals surface area contributed by atoms with Gasteiger partial charge >= 0.3 is 0 Å². The molecule has 0 aliphatic heterocycles. The molecule has 0 aliphatic carbocycles. The fraction of sp³-hybridized carbons (Fsp3) is 0.667. The molecule has 1 aromatic rings. The topological polar surface area (TPSA) is 38.1 Å². The minimum atomic E-state index is -0.268. The molecule has 90 valence electrons. The van der Waals surface area contributed by atoms with E-state index in [2.05, 4.69) is 4.98 Å². The van der Waals surface area contributed by atoms with Gasteiger partial charge in [-0.3, -0.25) is 9.69 Å². The summed E-state index contributed by atoms with van der Waals surface area (Å²) in [6.07, 6.45) is 3.68. The minimum absolute atomic E-state index is 0.254. The molecule has 0 saturated carbocycles. The van der Waals surface area contributed by atoms with Crippen LogP contribution in [0.5, 0.6) is 0 Å². The Balaban J connectivity index is 2.52. The van der Waals surface area contributed by atoms with E-state index in [1.165, 1.54) is 0 Å². The largest absolute Gasteiger partial charge is 0.337 e. The van der Waals surface area contributed by atoms with Crippen LogP contribution in [0.1, 0.15) is 26.6 Å². The van der Waals surface area contributed by atoms with Gasteiger partial charge in [0.05, 0.1) is 13.1 Å². The van der Waals surface area contributed by atoms with E-state index in [1.54, 1.807) is 6.20 Å². The SMILES string of the molecule is CN(CC(=O)C(C)(C)C)Cc1nccn1C. The van der Waals surface area contributed by atoms with Gasteiger partial charge in [-0.25, -0.2) is 4.98 Å². The molecule has 1 heterocycles. The molecule has 0 fully saturated rings. The van der Waals surface area contributed by atoms with Crippen LogP contribution in [0.3, 0.4) is 0 Å². The summed E-state index contributed by atoms with van der Waals surface area (Å²) >= 11 is 0. The van der Waals surface area contributed by atoms with E-state index in [0.29, 0.717) is 13.1 Å². The van der Waals surface area contributed by atoms with E-state index in [0.717, 1.165) is 5.82 Å². The first-order valence-corrected chi connectivity index (χ1v) is 5.49. The molecule has 0 unspecified atom stereocenters. The first kappa shape index (κ1) is 12.9. The number of rotatable bonds is 4. The smallest absolute Gasteiger partial charge is 0.152 e. The van der Waals surface area contributed by atoms with E-state index in [-0.39, 0.29) is 11.2 Å². The average molecular weight is 223 g/mol. The lowest BCUT2D eigenvalue weighted by Crippen LogP contribution is -2.33. The Morgan fingerprint density at radius 1 is 1.50 bits per heavy atom. The molecular formula is C12H21N3O. The van der Waals surface area contributed by atoms with Crippen LogP contribution in [0.4, 0.5) is 0 Å². The number of Topliss-reactive ketones (excluding diaryl/α,β-unsaturated/α-hetero) is 1. The number of carbonyl (C=O) groups excluding carboxylic acids is 1. The summed E-state index contributed by atoms with van der Waals surface area (Å²) in [5.41, 5.74) is -0.268. The van der Waals surface area contributed by atoms with Crippen molar-refractivity contribution < 1.29 is 4.79 Å².